The zero-order valence-electron chi connectivity index (χ0n) is 17.7. The molecule has 3 aromatic heterocycles. The number of amides is 2. The van der Waals surface area contributed by atoms with Gasteiger partial charge in [0.15, 0.2) is 0 Å². The fourth-order valence-electron chi connectivity index (χ4n) is 3.55. The lowest BCUT2D eigenvalue weighted by atomic mass is 10.1. The average Bonchev–Trinajstić information content (AvgIpc) is 3.49. The van der Waals surface area contributed by atoms with E-state index in [1.165, 1.54) is 10.7 Å². The number of para-hydroxylation sites is 1. The third kappa shape index (κ3) is 4.29. The largest absolute Gasteiger partial charge is 0.338 e. The molecule has 34 heavy (non-hydrogen) atoms. The summed E-state index contributed by atoms with van der Waals surface area (Å²) in [4.78, 5) is 32.4. The highest BCUT2D eigenvalue weighted by Gasteiger charge is 2.15. The van der Waals surface area contributed by atoms with Gasteiger partial charge in [0.2, 0.25) is 5.95 Å². The number of H-pyrrole nitrogens is 1. The van der Waals surface area contributed by atoms with E-state index in [0.29, 0.717) is 40.5 Å². The molecule has 0 radical (unpaired) electrons. The molecule has 3 N–H and O–H groups in total. The molecule has 0 bridgehead atoms. The number of carbonyl (C=O) groups is 1. The van der Waals surface area contributed by atoms with Crippen LogP contribution in [0.4, 0.5) is 10.7 Å². The molecule has 2 aromatic carbocycles. The quantitative estimate of drug-likeness (QED) is 0.372. The molecule has 0 saturated heterocycles. The summed E-state index contributed by atoms with van der Waals surface area (Å²) in [5, 5.41) is 14.0. The Hall–Kier alpha value is -4.73. The van der Waals surface area contributed by atoms with E-state index in [1.807, 2.05) is 55.5 Å². The number of benzene rings is 2. The number of hydrogen-bond donors (Lipinski definition) is 3. The first-order chi connectivity index (χ1) is 16.1. The van der Waals surface area contributed by atoms with Gasteiger partial charge in [-0.1, -0.05) is 25.6 Å². The second kappa shape index (κ2) is 9.41. The molecule has 0 aliphatic rings. The van der Waals surface area contributed by atoms with Crippen molar-refractivity contribution in [3.63, 3.8) is 0 Å². The first kappa shape index (κ1) is 22.5. The maximum atomic E-state index is 12.8. The first-order valence-corrected chi connectivity index (χ1v) is 10.4. The van der Waals surface area contributed by atoms with Crippen LogP contribution in [0.3, 0.4) is 0 Å². The lowest BCUT2D eigenvalue weighted by Crippen LogP contribution is -2.28. The fourth-order valence-corrected chi connectivity index (χ4v) is 3.55. The number of hydrogen-bond acceptors (Lipinski definition) is 5. The summed E-state index contributed by atoms with van der Waals surface area (Å²) < 4.78 is 3.03. The Balaban J connectivity index is 0.00000274. The summed E-state index contributed by atoms with van der Waals surface area (Å²) in [6, 6.07) is 16.0. The van der Waals surface area contributed by atoms with Crippen molar-refractivity contribution in [2.75, 3.05) is 11.9 Å². The fraction of sp³-hybridized carbons (Fsp3) is 0.125. The molecule has 0 unspecified atom stereocenters. The lowest BCUT2D eigenvalue weighted by molar-refractivity contribution is 0.252. The second-order valence-electron chi connectivity index (χ2n) is 7.24. The van der Waals surface area contributed by atoms with Gasteiger partial charge in [-0.25, -0.2) is 14.5 Å². The maximum Gasteiger partial charge on any atom is 0.321 e. The normalized spacial score (nSPS) is 10.6. The second-order valence-corrected chi connectivity index (χ2v) is 7.24. The molecule has 0 fully saturated rings. The third-order valence-electron chi connectivity index (χ3n) is 5.02. The molecule has 3 heterocycles. The SMILES string of the molecule is C.CCNC(=O)Nc1nc2c(-n3cccn3)cc(-c3cnn(-c4ccccc4)c(=O)c3)cc2[nH]1. The van der Waals surface area contributed by atoms with E-state index >= 15 is 0 Å². The summed E-state index contributed by atoms with van der Waals surface area (Å²) in [7, 11) is 0. The minimum absolute atomic E-state index is 0. The molecule has 0 spiro atoms. The molecule has 0 saturated carbocycles. The minimum Gasteiger partial charge on any atom is -0.338 e. The molecule has 0 aliphatic carbocycles. The number of rotatable bonds is 5. The Morgan fingerprint density at radius 3 is 2.59 bits per heavy atom. The summed E-state index contributed by atoms with van der Waals surface area (Å²) >= 11 is 0. The third-order valence-corrected chi connectivity index (χ3v) is 5.02. The summed E-state index contributed by atoms with van der Waals surface area (Å²) in [5.41, 5.74) is 3.84. The van der Waals surface area contributed by atoms with E-state index in [-0.39, 0.29) is 19.0 Å². The Bertz CT molecular complexity index is 1490. The molecule has 172 valence electrons. The van der Waals surface area contributed by atoms with Crippen molar-refractivity contribution < 1.29 is 4.79 Å². The summed E-state index contributed by atoms with van der Waals surface area (Å²) in [6.07, 6.45) is 5.12. The Morgan fingerprint density at radius 2 is 1.88 bits per heavy atom. The van der Waals surface area contributed by atoms with Crippen LogP contribution in [0.5, 0.6) is 0 Å². The van der Waals surface area contributed by atoms with Gasteiger partial charge in [0.1, 0.15) is 5.52 Å². The van der Waals surface area contributed by atoms with Gasteiger partial charge in [-0.15, -0.1) is 0 Å². The van der Waals surface area contributed by atoms with Gasteiger partial charge in [0.05, 0.1) is 23.1 Å². The molecule has 0 atom stereocenters. The molecule has 2 amide bonds. The number of nitrogens with one attached hydrogen (secondary N) is 3. The number of aromatic nitrogens is 6. The van der Waals surface area contributed by atoms with Gasteiger partial charge in [0, 0.05) is 30.6 Å². The van der Waals surface area contributed by atoms with Gasteiger partial charge in [-0.2, -0.15) is 14.9 Å². The van der Waals surface area contributed by atoms with Crippen LogP contribution >= 0.6 is 0 Å². The Morgan fingerprint density at radius 1 is 1.06 bits per heavy atom. The van der Waals surface area contributed by atoms with Crippen molar-refractivity contribution in [3.8, 4) is 22.5 Å². The zero-order chi connectivity index (χ0) is 22.8. The predicted molar refractivity (Wildman–Crippen MR) is 131 cm³/mol. The van der Waals surface area contributed by atoms with Crippen LogP contribution in [-0.2, 0) is 0 Å². The Kier molecular flexibility index (Phi) is 6.22. The standard InChI is InChI=1S/C23H20N8O2.CH4/c1-2-24-23(33)29-22-27-18-11-15(12-19(21(18)28-22)30-10-6-9-25-30)16-13-20(32)31(26-14-16)17-7-4-3-5-8-17;/h3-14H,2H2,1H3,(H3,24,27,28,29,33);1H4. The van der Waals surface area contributed by atoms with Crippen molar-refractivity contribution in [1.29, 1.82) is 0 Å². The Labute approximate surface area is 195 Å². The van der Waals surface area contributed by atoms with Crippen LogP contribution in [-0.4, -0.2) is 42.1 Å². The van der Waals surface area contributed by atoms with E-state index in [4.69, 9.17) is 0 Å². The van der Waals surface area contributed by atoms with E-state index in [1.54, 1.807) is 23.3 Å². The molecule has 5 rings (SSSR count). The van der Waals surface area contributed by atoms with E-state index < -0.39 is 0 Å². The van der Waals surface area contributed by atoms with Crippen molar-refractivity contribution in [1.82, 2.24) is 34.8 Å². The number of urea groups is 1. The van der Waals surface area contributed by atoms with Crippen LogP contribution in [0.2, 0.25) is 0 Å². The average molecular weight is 457 g/mol. The lowest BCUT2D eigenvalue weighted by Gasteiger charge is -2.09. The molecular formula is C24H24N8O2. The number of imidazole rings is 1. The van der Waals surface area contributed by atoms with Gasteiger partial charge in [-0.3, -0.25) is 10.1 Å². The number of anilines is 1. The van der Waals surface area contributed by atoms with Crippen molar-refractivity contribution in [3.05, 3.63) is 83.5 Å². The topological polar surface area (TPSA) is 123 Å². The monoisotopic (exact) mass is 456 g/mol. The summed E-state index contributed by atoms with van der Waals surface area (Å²) in [5.74, 6) is 0.305. The van der Waals surface area contributed by atoms with Crippen molar-refractivity contribution >= 4 is 23.0 Å². The predicted octanol–water partition coefficient (Wildman–Crippen LogP) is 3.74. The van der Waals surface area contributed by atoms with Crippen LogP contribution in [0.1, 0.15) is 14.4 Å². The minimum atomic E-state index is -0.355. The number of carbonyl (C=O) groups excluding carboxylic acids is 1. The van der Waals surface area contributed by atoms with E-state index in [0.717, 1.165) is 5.56 Å². The van der Waals surface area contributed by atoms with E-state index in [2.05, 4.69) is 30.8 Å². The number of fused-ring (bicyclic) bond motifs is 1. The summed E-state index contributed by atoms with van der Waals surface area (Å²) in [6.45, 7) is 2.33. The molecule has 5 aromatic rings. The zero-order valence-corrected chi connectivity index (χ0v) is 17.7. The van der Waals surface area contributed by atoms with Gasteiger partial charge in [-0.05, 0) is 42.8 Å². The first-order valence-electron chi connectivity index (χ1n) is 10.4. The van der Waals surface area contributed by atoms with Crippen LogP contribution in [0.15, 0.2) is 78.0 Å². The number of nitrogens with zero attached hydrogens (tertiary/aromatic N) is 5. The maximum absolute atomic E-state index is 12.8. The van der Waals surface area contributed by atoms with Crippen LogP contribution in [0, 0.1) is 0 Å². The molecule has 10 nitrogen and oxygen atoms in total. The van der Waals surface area contributed by atoms with Gasteiger partial charge >= 0.3 is 6.03 Å². The molecule has 0 aliphatic heterocycles. The number of aromatic amines is 1. The van der Waals surface area contributed by atoms with Crippen LogP contribution < -0.4 is 16.2 Å². The molecule has 10 heteroatoms. The molecular weight excluding hydrogens is 432 g/mol. The smallest absolute Gasteiger partial charge is 0.321 e. The van der Waals surface area contributed by atoms with Gasteiger partial charge < -0.3 is 10.3 Å². The highest BCUT2D eigenvalue weighted by Crippen LogP contribution is 2.29. The van der Waals surface area contributed by atoms with Crippen molar-refractivity contribution in [2.45, 2.75) is 14.4 Å². The highest BCUT2D eigenvalue weighted by atomic mass is 16.2. The van der Waals surface area contributed by atoms with Crippen molar-refractivity contribution in [2.24, 2.45) is 0 Å². The van der Waals surface area contributed by atoms with Crippen LogP contribution in [0.25, 0.3) is 33.5 Å². The van der Waals surface area contributed by atoms with E-state index in [9.17, 15) is 9.59 Å². The van der Waals surface area contributed by atoms with Gasteiger partial charge in [0.25, 0.3) is 5.56 Å². The highest BCUT2D eigenvalue weighted by molar-refractivity contribution is 5.94.